The molecule has 37 heavy (non-hydrogen) atoms. The topological polar surface area (TPSA) is 196 Å². The Balaban J connectivity index is 3.90. The monoisotopic (exact) mass is 533 g/mol. The van der Waals surface area contributed by atoms with Crippen LogP contribution < -0.4 is 5.32 Å². The van der Waals surface area contributed by atoms with Gasteiger partial charge in [0, 0.05) is 34.1 Å². The minimum atomic E-state index is -2.59. The molecule has 1 saturated heterocycles. The minimum Gasteiger partial charge on any atom is -0.469 e. The summed E-state index contributed by atoms with van der Waals surface area (Å²) in [6.45, 7) is 3.52. The van der Waals surface area contributed by atoms with E-state index in [0.717, 1.165) is 49.0 Å². The first-order valence-corrected chi connectivity index (χ1v) is 10.9. The van der Waals surface area contributed by atoms with Crippen molar-refractivity contribution in [3.63, 3.8) is 0 Å². The van der Waals surface area contributed by atoms with Gasteiger partial charge in [-0.3, -0.25) is 24.0 Å². The second-order valence-corrected chi connectivity index (χ2v) is 7.98. The lowest BCUT2D eigenvalue weighted by Crippen LogP contribution is -2.69. The third kappa shape index (κ3) is 7.87. The Morgan fingerprint density at radius 3 is 1.78 bits per heavy atom. The highest BCUT2D eigenvalue weighted by Crippen LogP contribution is 2.39. The molecular formula is C22H31NO14. The maximum absolute atomic E-state index is 12.9. The lowest BCUT2D eigenvalue weighted by atomic mass is 9.77. The molecule has 0 unspecified atom stereocenters. The Hall–Kier alpha value is -3.75. The number of hydrogen-bond donors (Lipinski definition) is 1. The lowest BCUT2D eigenvalue weighted by Gasteiger charge is -2.47. The van der Waals surface area contributed by atoms with Crippen molar-refractivity contribution in [2.45, 2.75) is 64.1 Å². The quantitative estimate of drug-likeness (QED) is 0.195. The van der Waals surface area contributed by atoms with Crippen LogP contribution in [0.15, 0.2) is 0 Å². The Bertz CT molecular complexity index is 899. The number of ether oxygens (including phenoxy) is 7. The number of nitrogens with one attached hydrogen (secondary N) is 1. The van der Waals surface area contributed by atoms with Crippen LogP contribution in [0.25, 0.3) is 0 Å². The van der Waals surface area contributed by atoms with Crippen molar-refractivity contribution >= 4 is 41.7 Å². The molecule has 1 aliphatic rings. The van der Waals surface area contributed by atoms with Crippen molar-refractivity contribution in [2.75, 3.05) is 27.9 Å². The van der Waals surface area contributed by atoms with E-state index >= 15 is 0 Å². The largest absolute Gasteiger partial charge is 0.469 e. The second-order valence-electron chi connectivity index (χ2n) is 7.98. The molecule has 0 spiro atoms. The van der Waals surface area contributed by atoms with Gasteiger partial charge in [-0.25, -0.2) is 9.59 Å². The molecule has 0 bridgehead atoms. The van der Waals surface area contributed by atoms with Crippen LogP contribution in [-0.4, -0.2) is 99.6 Å². The molecule has 208 valence electrons. The third-order valence-electron chi connectivity index (χ3n) is 5.30. The SMILES string of the molecule is COC(=O)[C@H]1CC(C(=O)OC)(C(=O)OC)O[C@@H]([C@H](OC(C)=O)[C@@H](COC(C)=O)OC(C)=O)[C@H]1NC(C)=O. The molecule has 0 aromatic heterocycles. The number of carbonyl (C=O) groups excluding carboxylic acids is 7. The van der Waals surface area contributed by atoms with Gasteiger partial charge in [0.2, 0.25) is 5.91 Å². The van der Waals surface area contributed by atoms with Crippen LogP contribution in [-0.2, 0) is 66.7 Å². The Labute approximate surface area is 212 Å². The first-order valence-electron chi connectivity index (χ1n) is 10.9. The number of esters is 6. The van der Waals surface area contributed by atoms with Crippen LogP contribution in [0.5, 0.6) is 0 Å². The van der Waals surface area contributed by atoms with Gasteiger partial charge in [-0.2, -0.15) is 0 Å². The Morgan fingerprint density at radius 1 is 0.838 bits per heavy atom. The predicted molar refractivity (Wildman–Crippen MR) is 117 cm³/mol. The van der Waals surface area contributed by atoms with Gasteiger partial charge in [-0.05, 0) is 0 Å². The highest BCUT2D eigenvalue weighted by molar-refractivity contribution is 6.04. The van der Waals surface area contributed by atoms with Crippen LogP contribution in [0.3, 0.4) is 0 Å². The van der Waals surface area contributed by atoms with Gasteiger partial charge in [0.1, 0.15) is 12.7 Å². The summed E-state index contributed by atoms with van der Waals surface area (Å²) in [7, 11) is 2.93. The van der Waals surface area contributed by atoms with E-state index in [9.17, 15) is 33.6 Å². The number of carbonyl (C=O) groups is 7. The number of methoxy groups -OCH3 is 3. The predicted octanol–water partition coefficient (Wildman–Crippen LogP) is -1.42. The molecule has 1 N–H and O–H groups in total. The Morgan fingerprint density at radius 2 is 1.38 bits per heavy atom. The molecule has 0 aromatic rings. The average molecular weight is 533 g/mol. The maximum atomic E-state index is 12.9. The molecule has 1 rings (SSSR count). The molecule has 0 radical (unpaired) electrons. The van der Waals surface area contributed by atoms with Gasteiger partial charge in [-0.1, -0.05) is 0 Å². The van der Waals surface area contributed by atoms with Crippen LogP contribution in [0, 0.1) is 5.92 Å². The van der Waals surface area contributed by atoms with E-state index in [0.29, 0.717) is 0 Å². The standard InChI is InChI=1S/C22H31NO14/c1-10(24)23-16-14(19(28)31-5)8-22(20(29)32-6,21(30)33-7)37-18(16)17(36-13(4)27)15(35-12(3)26)9-34-11(2)25/h14-18H,8-9H2,1-7H3,(H,23,24)/t14-,15+,16-,17+,18+/m0/s1. The van der Waals surface area contributed by atoms with Crippen molar-refractivity contribution < 1.29 is 66.7 Å². The van der Waals surface area contributed by atoms with Crippen molar-refractivity contribution in [2.24, 2.45) is 5.92 Å². The average Bonchev–Trinajstić information content (AvgIpc) is 2.83. The van der Waals surface area contributed by atoms with E-state index in [2.05, 4.69) is 5.32 Å². The molecule has 1 amide bonds. The number of rotatable bonds is 10. The summed E-state index contributed by atoms with van der Waals surface area (Å²) in [5.74, 6) is -8.29. The normalized spacial score (nSPS) is 21.8. The number of amides is 1. The molecule has 1 aliphatic heterocycles. The van der Waals surface area contributed by atoms with E-state index in [4.69, 9.17) is 33.2 Å². The molecule has 15 nitrogen and oxygen atoms in total. The van der Waals surface area contributed by atoms with E-state index in [1.165, 1.54) is 0 Å². The van der Waals surface area contributed by atoms with Gasteiger partial charge in [-0.15, -0.1) is 0 Å². The Kier molecular flexibility index (Phi) is 11.4. The summed E-state index contributed by atoms with van der Waals surface area (Å²) in [4.78, 5) is 86.1. The molecule has 5 atom stereocenters. The van der Waals surface area contributed by atoms with Crippen molar-refractivity contribution in [1.82, 2.24) is 5.32 Å². The summed E-state index contributed by atoms with van der Waals surface area (Å²) in [5.41, 5.74) is -2.59. The summed E-state index contributed by atoms with van der Waals surface area (Å²) in [6.07, 6.45) is -5.76. The smallest absolute Gasteiger partial charge is 0.350 e. The van der Waals surface area contributed by atoms with Crippen LogP contribution in [0.2, 0.25) is 0 Å². The van der Waals surface area contributed by atoms with Crippen LogP contribution >= 0.6 is 0 Å². The van der Waals surface area contributed by atoms with Crippen LogP contribution in [0.1, 0.15) is 34.1 Å². The molecule has 0 saturated carbocycles. The highest BCUT2D eigenvalue weighted by atomic mass is 16.6. The third-order valence-corrected chi connectivity index (χ3v) is 5.30. The van der Waals surface area contributed by atoms with E-state index < -0.39 is 90.6 Å². The first-order chi connectivity index (χ1) is 17.2. The fourth-order valence-electron chi connectivity index (χ4n) is 3.92. The van der Waals surface area contributed by atoms with E-state index in [1.54, 1.807) is 0 Å². The van der Waals surface area contributed by atoms with Crippen molar-refractivity contribution in [3.8, 4) is 0 Å². The summed E-state index contributed by atoms with van der Waals surface area (Å²) < 4.78 is 35.6. The fraction of sp³-hybridized carbons (Fsp3) is 0.682. The molecule has 0 aliphatic carbocycles. The summed E-state index contributed by atoms with van der Waals surface area (Å²) in [6, 6.07) is -1.41. The van der Waals surface area contributed by atoms with E-state index in [-0.39, 0.29) is 0 Å². The molecule has 1 fully saturated rings. The first kappa shape index (κ1) is 31.3. The fourth-order valence-corrected chi connectivity index (χ4v) is 3.92. The molecule has 15 heteroatoms. The zero-order valence-electron chi connectivity index (χ0n) is 21.5. The molecular weight excluding hydrogens is 502 g/mol. The van der Waals surface area contributed by atoms with Gasteiger partial charge in [0.15, 0.2) is 12.2 Å². The van der Waals surface area contributed by atoms with Gasteiger partial charge >= 0.3 is 35.8 Å². The van der Waals surface area contributed by atoms with Gasteiger partial charge in [0.25, 0.3) is 5.60 Å². The summed E-state index contributed by atoms with van der Waals surface area (Å²) >= 11 is 0. The van der Waals surface area contributed by atoms with Crippen molar-refractivity contribution in [3.05, 3.63) is 0 Å². The lowest BCUT2D eigenvalue weighted by molar-refractivity contribution is -0.238. The minimum absolute atomic E-state index is 0.661. The van der Waals surface area contributed by atoms with Gasteiger partial charge in [0.05, 0.1) is 33.3 Å². The van der Waals surface area contributed by atoms with Gasteiger partial charge < -0.3 is 38.5 Å². The number of hydrogen-bond acceptors (Lipinski definition) is 14. The van der Waals surface area contributed by atoms with Crippen molar-refractivity contribution in [1.29, 1.82) is 0 Å². The molecule has 1 heterocycles. The maximum Gasteiger partial charge on any atom is 0.350 e. The zero-order valence-corrected chi connectivity index (χ0v) is 21.5. The molecule has 0 aromatic carbocycles. The van der Waals surface area contributed by atoms with E-state index in [1.807, 2.05) is 0 Å². The highest BCUT2D eigenvalue weighted by Gasteiger charge is 2.63. The zero-order chi connectivity index (χ0) is 28.5. The second kappa shape index (κ2) is 13.5. The summed E-state index contributed by atoms with van der Waals surface area (Å²) in [5, 5.41) is 2.47. The van der Waals surface area contributed by atoms with Crippen LogP contribution in [0.4, 0.5) is 0 Å².